The Labute approximate surface area is 125 Å². The quantitative estimate of drug-likeness (QED) is 0.789. The molecule has 0 bridgehead atoms. The van der Waals surface area contributed by atoms with Crippen LogP contribution in [0.1, 0.15) is 24.7 Å². The van der Waals surface area contributed by atoms with Crippen LogP contribution in [0.4, 0.5) is 8.78 Å². The summed E-state index contributed by atoms with van der Waals surface area (Å²) in [7, 11) is 1.28. The molecule has 0 spiro atoms. The van der Waals surface area contributed by atoms with Crippen molar-refractivity contribution < 1.29 is 17.2 Å². The lowest BCUT2D eigenvalue weighted by Crippen LogP contribution is -2.07. The van der Waals surface area contributed by atoms with Crippen LogP contribution in [0.2, 0.25) is 0 Å². The highest BCUT2D eigenvalue weighted by molar-refractivity contribution is 8.13. The van der Waals surface area contributed by atoms with E-state index in [1.165, 1.54) is 16.8 Å². The Morgan fingerprint density at radius 3 is 2.43 bits per heavy atom. The Kier molecular flexibility index (Phi) is 4.63. The lowest BCUT2D eigenvalue weighted by atomic mass is 10.2. The third-order valence-electron chi connectivity index (χ3n) is 2.95. The molecule has 0 aliphatic rings. The van der Waals surface area contributed by atoms with Crippen LogP contribution in [0.15, 0.2) is 29.4 Å². The molecule has 2 rings (SSSR count). The molecule has 21 heavy (non-hydrogen) atoms. The van der Waals surface area contributed by atoms with Crippen molar-refractivity contribution in [3.05, 3.63) is 47.4 Å². The van der Waals surface area contributed by atoms with Crippen molar-refractivity contribution in [2.75, 3.05) is 0 Å². The average molecular weight is 335 g/mol. The number of imidazole rings is 1. The number of hydrogen-bond acceptors (Lipinski definition) is 3. The van der Waals surface area contributed by atoms with Gasteiger partial charge in [0.05, 0.1) is 6.54 Å². The third kappa shape index (κ3) is 3.59. The van der Waals surface area contributed by atoms with E-state index in [0.29, 0.717) is 18.7 Å². The molecule has 114 valence electrons. The highest BCUT2D eigenvalue weighted by Gasteiger charge is 2.19. The van der Waals surface area contributed by atoms with E-state index in [4.69, 9.17) is 10.7 Å². The minimum atomic E-state index is -3.98. The third-order valence-corrected chi connectivity index (χ3v) is 4.12. The van der Waals surface area contributed by atoms with Gasteiger partial charge in [-0.15, -0.1) is 0 Å². The molecule has 8 heteroatoms. The Balaban J connectivity index is 2.46. The molecule has 0 saturated heterocycles. The Hall–Kier alpha value is -1.47. The van der Waals surface area contributed by atoms with Crippen LogP contribution < -0.4 is 0 Å². The van der Waals surface area contributed by atoms with Gasteiger partial charge >= 0.3 is 0 Å². The molecule has 0 aliphatic heterocycles. The van der Waals surface area contributed by atoms with E-state index in [1.807, 2.05) is 6.92 Å². The van der Waals surface area contributed by atoms with Crippen molar-refractivity contribution in [2.24, 2.45) is 0 Å². The maximum atomic E-state index is 13.7. The highest BCUT2D eigenvalue weighted by Crippen LogP contribution is 2.19. The van der Waals surface area contributed by atoms with Crippen LogP contribution >= 0.6 is 10.7 Å². The van der Waals surface area contributed by atoms with Crippen LogP contribution in [0, 0.1) is 11.6 Å². The van der Waals surface area contributed by atoms with Gasteiger partial charge in [0, 0.05) is 28.9 Å². The molecule has 4 nitrogen and oxygen atoms in total. The summed E-state index contributed by atoms with van der Waals surface area (Å²) in [5.41, 5.74) is -0.147. The van der Waals surface area contributed by atoms with Gasteiger partial charge in [-0.05, 0) is 18.6 Å². The standard InChI is InChI=1S/C13H13ClF2N2O2S/c1-2-4-12-17-13(21(14,19)20)8-18(12)7-9-10(15)5-3-6-11(9)16/h3,5-6,8H,2,4,7H2,1H3. The van der Waals surface area contributed by atoms with Crippen LogP contribution in [0.5, 0.6) is 0 Å². The Bertz CT molecular complexity index is 739. The zero-order valence-electron chi connectivity index (χ0n) is 11.2. The number of benzene rings is 1. The second kappa shape index (κ2) is 6.11. The first-order chi connectivity index (χ1) is 9.82. The molecular weight excluding hydrogens is 322 g/mol. The lowest BCUT2D eigenvalue weighted by Gasteiger charge is -2.08. The van der Waals surface area contributed by atoms with Crippen molar-refractivity contribution in [1.29, 1.82) is 0 Å². The van der Waals surface area contributed by atoms with E-state index < -0.39 is 20.7 Å². The van der Waals surface area contributed by atoms with Gasteiger partial charge in [-0.1, -0.05) is 13.0 Å². The fourth-order valence-electron chi connectivity index (χ4n) is 1.96. The molecule has 0 radical (unpaired) electrons. The summed E-state index contributed by atoms with van der Waals surface area (Å²) in [6.07, 6.45) is 2.38. The molecule has 1 heterocycles. The smallest absolute Gasteiger partial charge is 0.280 e. The first-order valence-electron chi connectivity index (χ1n) is 6.26. The summed E-state index contributed by atoms with van der Waals surface area (Å²) in [4.78, 5) is 3.92. The average Bonchev–Trinajstić information content (AvgIpc) is 2.78. The number of halogens is 3. The summed E-state index contributed by atoms with van der Waals surface area (Å²) in [5.74, 6) is -0.970. The highest BCUT2D eigenvalue weighted by atomic mass is 35.7. The second-order valence-electron chi connectivity index (χ2n) is 4.51. The molecule has 0 saturated carbocycles. The van der Waals surface area contributed by atoms with E-state index in [-0.39, 0.29) is 17.1 Å². The van der Waals surface area contributed by atoms with E-state index in [9.17, 15) is 17.2 Å². The number of aryl methyl sites for hydroxylation is 1. The van der Waals surface area contributed by atoms with Gasteiger partial charge in [-0.3, -0.25) is 0 Å². The van der Waals surface area contributed by atoms with Gasteiger partial charge < -0.3 is 4.57 Å². The maximum absolute atomic E-state index is 13.7. The molecule has 1 aromatic carbocycles. The second-order valence-corrected chi connectivity index (χ2v) is 7.02. The molecule has 0 atom stereocenters. The van der Waals surface area contributed by atoms with E-state index in [0.717, 1.165) is 12.1 Å². The van der Waals surface area contributed by atoms with E-state index in [1.54, 1.807) is 0 Å². The number of rotatable bonds is 5. The zero-order valence-corrected chi connectivity index (χ0v) is 12.8. The first-order valence-corrected chi connectivity index (χ1v) is 8.57. The largest absolute Gasteiger partial charge is 0.329 e. The van der Waals surface area contributed by atoms with Gasteiger partial charge in [-0.25, -0.2) is 22.2 Å². The lowest BCUT2D eigenvalue weighted by molar-refractivity contribution is 0.539. The van der Waals surface area contributed by atoms with Crippen molar-refractivity contribution in [2.45, 2.75) is 31.3 Å². The van der Waals surface area contributed by atoms with Gasteiger partial charge in [-0.2, -0.15) is 0 Å². The van der Waals surface area contributed by atoms with E-state index in [2.05, 4.69) is 4.98 Å². The normalized spacial score (nSPS) is 11.8. The first kappa shape index (κ1) is 15.9. The molecule has 2 aromatic rings. The topological polar surface area (TPSA) is 52.0 Å². The zero-order chi connectivity index (χ0) is 15.6. The SMILES string of the molecule is CCCc1nc(S(=O)(=O)Cl)cn1Cc1c(F)cccc1F. The summed E-state index contributed by atoms with van der Waals surface area (Å²) < 4.78 is 51.4. The minimum absolute atomic E-state index is 0.146. The summed E-state index contributed by atoms with van der Waals surface area (Å²) >= 11 is 0. The van der Waals surface area contributed by atoms with Crippen LogP contribution in [0.25, 0.3) is 0 Å². The summed E-state index contributed by atoms with van der Waals surface area (Å²) in [6, 6.07) is 3.56. The summed E-state index contributed by atoms with van der Waals surface area (Å²) in [5, 5.41) is -0.315. The maximum Gasteiger partial charge on any atom is 0.280 e. The number of aromatic nitrogens is 2. The molecule has 0 unspecified atom stereocenters. The van der Waals surface area contributed by atoms with Crippen molar-refractivity contribution >= 4 is 19.7 Å². The van der Waals surface area contributed by atoms with Crippen LogP contribution in [-0.4, -0.2) is 18.0 Å². The molecule has 0 amide bonds. The Morgan fingerprint density at radius 2 is 1.90 bits per heavy atom. The number of nitrogens with zero attached hydrogens (tertiary/aromatic N) is 2. The molecular formula is C13H13ClF2N2O2S. The molecule has 0 aliphatic carbocycles. The fourth-order valence-corrected chi connectivity index (χ4v) is 2.65. The van der Waals surface area contributed by atoms with Crippen molar-refractivity contribution in [1.82, 2.24) is 9.55 Å². The monoisotopic (exact) mass is 334 g/mol. The predicted octanol–water partition coefficient (Wildman–Crippen LogP) is 3.09. The van der Waals surface area contributed by atoms with Crippen molar-refractivity contribution in [3.63, 3.8) is 0 Å². The molecule has 0 fully saturated rings. The van der Waals surface area contributed by atoms with Gasteiger partial charge in [0.25, 0.3) is 9.05 Å². The summed E-state index contributed by atoms with van der Waals surface area (Å²) in [6.45, 7) is 1.74. The fraction of sp³-hybridized carbons (Fsp3) is 0.308. The number of hydrogen-bond donors (Lipinski definition) is 0. The van der Waals surface area contributed by atoms with Gasteiger partial charge in [0.15, 0.2) is 5.03 Å². The van der Waals surface area contributed by atoms with Gasteiger partial charge in [0.2, 0.25) is 0 Å². The molecule has 1 aromatic heterocycles. The van der Waals surface area contributed by atoms with Crippen LogP contribution in [-0.2, 0) is 22.0 Å². The minimum Gasteiger partial charge on any atom is -0.329 e. The Morgan fingerprint density at radius 1 is 1.29 bits per heavy atom. The van der Waals surface area contributed by atoms with Crippen molar-refractivity contribution in [3.8, 4) is 0 Å². The predicted molar refractivity (Wildman–Crippen MR) is 74.7 cm³/mol. The van der Waals surface area contributed by atoms with Gasteiger partial charge in [0.1, 0.15) is 17.5 Å². The molecule has 0 N–H and O–H groups in total. The van der Waals surface area contributed by atoms with Crippen LogP contribution in [0.3, 0.4) is 0 Å². The van der Waals surface area contributed by atoms with E-state index >= 15 is 0 Å².